The summed E-state index contributed by atoms with van der Waals surface area (Å²) in [5, 5.41) is 2.97. The Morgan fingerprint density at radius 2 is 1.92 bits per heavy atom. The highest BCUT2D eigenvalue weighted by atomic mass is 32.2. The second-order valence-corrected chi connectivity index (χ2v) is 7.17. The Bertz CT molecular complexity index is 797. The quantitative estimate of drug-likeness (QED) is 0.889. The summed E-state index contributed by atoms with van der Waals surface area (Å²) in [5.74, 6) is 3.09. The minimum atomic E-state index is -0.118. The van der Waals surface area contributed by atoms with Crippen molar-refractivity contribution >= 4 is 23.5 Å². The van der Waals surface area contributed by atoms with Gasteiger partial charge < -0.3 is 24.4 Å². The van der Waals surface area contributed by atoms with E-state index in [1.165, 1.54) is 0 Å². The number of carbonyl (C=O) groups is 1. The van der Waals surface area contributed by atoms with Crippen molar-refractivity contribution in [3.05, 3.63) is 48.0 Å². The summed E-state index contributed by atoms with van der Waals surface area (Å²) < 4.78 is 16.3. The van der Waals surface area contributed by atoms with E-state index in [0.717, 1.165) is 17.1 Å². The van der Waals surface area contributed by atoms with Gasteiger partial charge in [0.15, 0.2) is 11.5 Å². The molecule has 4 rings (SSSR count). The second-order valence-electron chi connectivity index (χ2n) is 5.98. The van der Waals surface area contributed by atoms with Crippen LogP contribution in [0, 0.1) is 0 Å². The fraction of sp³-hybridized carbons (Fsp3) is 0.316. The molecule has 1 N–H and O–H groups in total. The first kappa shape index (κ1) is 16.9. The average molecular weight is 372 g/mol. The summed E-state index contributed by atoms with van der Waals surface area (Å²) in [4.78, 5) is 14.6. The third-order valence-electron chi connectivity index (χ3n) is 4.35. The van der Waals surface area contributed by atoms with Crippen LogP contribution < -0.4 is 19.5 Å². The Kier molecular flexibility index (Phi) is 4.79. The standard InChI is InChI=1S/C19H20N2O4S/c1-23-15-5-2-13(3-6-15)18-21(8-11-26-18)19(22)20-14-4-7-16-17(12-14)25-10-9-24-16/h2-7,12,18H,8-11H2,1H3,(H,20,22). The molecule has 136 valence electrons. The molecular weight excluding hydrogens is 352 g/mol. The summed E-state index contributed by atoms with van der Waals surface area (Å²) in [6.07, 6.45) is 0. The lowest BCUT2D eigenvalue weighted by molar-refractivity contribution is 0.171. The van der Waals surface area contributed by atoms with Crippen LogP contribution in [0.2, 0.25) is 0 Å². The third kappa shape index (κ3) is 3.39. The van der Waals surface area contributed by atoms with Crippen molar-refractivity contribution in [2.75, 3.05) is 37.9 Å². The molecule has 0 bridgehead atoms. The van der Waals surface area contributed by atoms with E-state index in [9.17, 15) is 4.79 Å². The molecule has 2 amide bonds. The van der Waals surface area contributed by atoms with Gasteiger partial charge in [-0.25, -0.2) is 4.79 Å². The van der Waals surface area contributed by atoms with Crippen molar-refractivity contribution in [1.29, 1.82) is 0 Å². The molecule has 1 saturated heterocycles. The van der Waals surface area contributed by atoms with Gasteiger partial charge in [0.1, 0.15) is 24.3 Å². The number of hydrogen-bond donors (Lipinski definition) is 1. The normalized spacial score (nSPS) is 18.5. The Morgan fingerprint density at radius 1 is 1.15 bits per heavy atom. The molecule has 2 aromatic rings. The molecule has 0 spiro atoms. The summed E-state index contributed by atoms with van der Waals surface area (Å²) in [7, 11) is 1.65. The summed E-state index contributed by atoms with van der Waals surface area (Å²) >= 11 is 1.76. The molecule has 1 atom stereocenters. The van der Waals surface area contributed by atoms with Gasteiger partial charge in [0.05, 0.1) is 7.11 Å². The number of nitrogens with zero attached hydrogens (tertiary/aromatic N) is 1. The predicted molar refractivity (Wildman–Crippen MR) is 101 cm³/mol. The zero-order valence-corrected chi connectivity index (χ0v) is 15.3. The van der Waals surface area contributed by atoms with Crippen molar-refractivity contribution < 1.29 is 19.0 Å². The summed E-state index contributed by atoms with van der Waals surface area (Å²) in [5.41, 5.74) is 1.79. The van der Waals surface area contributed by atoms with E-state index < -0.39 is 0 Å². The first-order valence-electron chi connectivity index (χ1n) is 8.47. The summed E-state index contributed by atoms with van der Waals surface area (Å²) in [6.45, 7) is 1.78. The fourth-order valence-electron chi connectivity index (χ4n) is 3.04. The number of urea groups is 1. The van der Waals surface area contributed by atoms with Crippen LogP contribution >= 0.6 is 11.8 Å². The molecule has 1 unspecified atom stereocenters. The molecule has 0 radical (unpaired) electrons. The SMILES string of the molecule is COc1ccc(C2SCCN2C(=O)Nc2ccc3c(c2)OCCO3)cc1. The van der Waals surface area contributed by atoms with Gasteiger partial charge in [-0.15, -0.1) is 11.8 Å². The maximum atomic E-state index is 12.8. The minimum Gasteiger partial charge on any atom is -0.497 e. The molecule has 6 nitrogen and oxygen atoms in total. The Labute approximate surface area is 156 Å². The van der Waals surface area contributed by atoms with E-state index in [0.29, 0.717) is 36.9 Å². The van der Waals surface area contributed by atoms with Gasteiger partial charge in [-0.05, 0) is 29.8 Å². The van der Waals surface area contributed by atoms with Gasteiger partial charge in [0.2, 0.25) is 0 Å². The van der Waals surface area contributed by atoms with E-state index in [2.05, 4.69) is 5.32 Å². The van der Waals surface area contributed by atoms with E-state index in [4.69, 9.17) is 14.2 Å². The maximum Gasteiger partial charge on any atom is 0.323 e. The lowest BCUT2D eigenvalue weighted by Gasteiger charge is -2.25. The maximum absolute atomic E-state index is 12.8. The minimum absolute atomic E-state index is 0.00174. The highest BCUT2D eigenvalue weighted by Gasteiger charge is 2.31. The molecule has 2 aromatic carbocycles. The van der Waals surface area contributed by atoms with Crippen molar-refractivity contribution in [3.63, 3.8) is 0 Å². The molecule has 2 aliphatic heterocycles. The molecule has 1 fully saturated rings. The van der Waals surface area contributed by atoms with Crippen molar-refractivity contribution in [2.45, 2.75) is 5.37 Å². The van der Waals surface area contributed by atoms with E-state index >= 15 is 0 Å². The number of amides is 2. The molecule has 2 aliphatic rings. The third-order valence-corrected chi connectivity index (χ3v) is 5.61. The first-order valence-corrected chi connectivity index (χ1v) is 9.52. The van der Waals surface area contributed by atoms with E-state index in [1.807, 2.05) is 41.3 Å². The molecule has 7 heteroatoms. The van der Waals surface area contributed by atoms with Crippen LogP contribution in [0.1, 0.15) is 10.9 Å². The van der Waals surface area contributed by atoms with Crippen molar-refractivity contribution in [2.24, 2.45) is 0 Å². The van der Waals surface area contributed by atoms with Gasteiger partial charge in [0, 0.05) is 24.1 Å². The molecule has 0 saturated carbocycles. The van der Waals surface area contributed by atoms with Gasteiger partial charge in [-0.1, -0.05) is 12.1 Å². The average Bonchev–Trinajstić information content (AvgIpc) is 3.18. The van der Waals surface area contributed by atoms with Gasteiger partial charge in [-0.3, -0.25) is 0 Å². The molecule has 2 heterocycles. The number of methoxy groups -OCH3 is 1. The number of benzene rings is 2. The number of nitrogens with one attached hydrogen (secondary N) is 1. The van der Waals surface area contributed by atoms with Crippen molar-refractivity contribution in [3.8, 4) is 17.2 Å². The number of hydrogen-bond acceptors (Lipinski definition) is 5. The largest absolute Gasteiger partial charge is 0.497 e. The zero-order valence-electron chi connectivity index (χ0n) is 14.4. The van der Waals surface area contributed by atoms with Crippen LogP contribution in [0.15, 0.2) is 42.5 Å². The van der Waals surface area contributed by atoms with Crippen LogP contribution in [0.4, 0.5) is 10.5 Å². The van der Waals surface area contributed by atoms with E-state index in [1.54, 1.807) is 24.9 Å². The van der Waals surface area contributed by atoms with Crippen LogP contribution in [0.25, 0.3) is 0 Å². The number of anilines is 1. The lowest BCUT2D eigenvalue weighted by atomic mass is 10.2. The van der Waals surface area contributed by atoms with Crippen LogP contribution in [0.3, 0.4) is 0 Å². The van der Waals surface area contributed by atoms with Gasteiger partial charge in [-0.2, -0.15) is 0 Å². The number of carbonyl (C=O) groups excluding carboxylic acids is 1. The monoisotopic (exact) mass is 372 g/mol. The smallest absolute Gasteiger partial charge is 0.323 e. The molecule has 0 aromatic heterocycles. The Morgan fingerprint density at radius 3 is 2.69 bits per heavy atom. The first-order chi connectivity index (χ1) is 12.7. The molecule has 0 aliphatic carbocycles. The number of thioether (sulfide) groups is 1. The topological polar surface area (TPSA) is 60.0 Å². The Hall–Kier alpha value is -2.54. The lowest BCUT2D eigenvalue weighted by Crippen LogP contribution is -2.34. The number of rotatable bonds is 3. The van der Waals surface area contributed by atoms with Crippen molar-refractivity contribution in [1.82, 2.24) is 4.90 Å². The van der Waals surface area contributed by atoms with Gasteiger partial charge in [0.25, 0.3) is 0 Å². The van der Waals surface area contributed by atoms with Crippen LogP contribution in [-0.4, -0.2) is 43.6 Å². The summed E-state index contributed by atoms with van der Waals surface area (Å²) in [6, 6.07) is 13.2. The molecule has 26 heavy (non-hydrogen) atoms. The number of fused-ring (bicyclic) bond motifs is 1. The zero-order chi connectivity index (χ0) is 17.9. The highest BCUT2D eigenvalue weighted by Crippen LogP contribution is 2.39. The van der Waals surface area contributed by atoms with E-state index in [-0.39, 0.29) is 11.4 Å². The van der Waals surface area contributed by atoms with Crippen LogP contribution in [-0.2, 0) is 0 Å². The second kappa shape index (κ2) is 7.37. The number of ether oxygens (including phenoxy) is 3. The predicted octanol–water partition coefficient (Wildman–Crippen LogP) is 3.75. The Balaban J connectivity index is 1.48. The van der Waals surface area contributed by atoms with Crippen LogP contribution in [0.5, 0.6) is 17.2 Å². The fourth-order valence-corrected chi connectivity index (χ4v) is 4.30. The molecular formula is C19H20N2O4S. The van der Waals surface area contributed by atoms with Gasteiger partial charge >= 0.3 is 6.03 Å². The highest BCUT2D eigenvalue weighted by molar-refractivity contribution is 7.99.